The number of rotatable bonds is 5. The Morgan fingerprint density at radius 1 is 1.40 bits per heavy atom. The van der Waals surface area contributed by atoms with Crippen molar-refractivity contribution in [1.82, 2.24) is 9.88 Å². The van der Waals surface area contributed by atoms with Crippen LogP contribution in [0.15, 0.2) is 41.7 Å². The average molecular weight is 343 g/mol. The fraction of sp³-hybridized carbons (Fsp3) is 0.235. The number of amides is 1. The highest BCUT2D eigenvalue weighted by atomic mass is 16.5. The summed E-state index contributed by atoms with van der Waals surface area (Å²) >= 11 is 0. The summed E-state index contributed by atoms with van der Waals surface area (Å²) in [7, 11) is 1.25. The van der Waals surface area contributed by atoms with E-state index in [1.165, 1.54) is 18.2 Å². The van der Waals surface area contributed by atoms with E-state index in [4.69, 9.17) is 9.84 Å². The van der Waals surface area contributed by atoms with Crippen LogP contribution in [-0.4, -0.2) is 58.8 Å². The first-order valence-corrected chi connectivity index (χ1v) is 7.61. The summed E-state index contributed by atoms with van der Waals surface area (Å²) in [5, 5.41) is 22.2. The van der Waals surface area contributed by atoms with Gasteiger partial charge in [-0.25, -0.2) is 4.79 Å². The molecule has 8 heteroatoms. The number of carbonyl (C=O) groups excluding carboxylic acids is 2. The van der Waals surface area contributed by atoms with Gasteiger partial charge in [-0.05, 0) is 18.2 Å². The van der Waals surface area contributed by atoms with Crippen molar-refractivity contribution in [2.24, 2.45) is 0 Å². The molecule has 2 aromatic rings. The number of pyridine rings is 1. The molecule has 0 radical (unpaired) electrons. The number of carbonyl (C=O) groups is 2. The zero-order valence-corrected chi connectivity index (χ0v) is 13.5. The number of nitrogens with one attached hydrogen (secondary N) is 1. The SMILES string of the molecule is COC(=O)C1=C(Nc2ccc3cc(O)cnc3c2)C(=O)N(CCO)C1. The Morgan fingerprint density at radius 2 is 2.20 bits per heavy atom. The van der Waals surface area contributed by atoms with Crippen molar-refractivity contribution < 1.29 is 24.5 Å². The van der Waals surface area contributed by atoms with Crippen LogP contribution >= 0.6 is 0 Å². The Kier molecular flexibility index (Phi) is 4.53. The predicted octanol–water partition coefficient (Wildman–Crippen LogP) is 0.614. The summed E-state index contributed by atoms with van der Waals surface area (Å²) in [5.74, 6) is -0.914. The van der Waals surface area contributed by atoms with Gasteiger partial charge < -0.3 is 25.2 Å². The summed E-state index contributed by atoms with van der Waals surface area (Å²) in [6, 6.07) is 6.74. The number of esters is 1. The molecule has 3 N–H and O–H groups in total. The van der Waals surface area contributed by atoms with Crippen molar-refractivity contribution >= 4 is 28.5 Å². The summed E-state index contributed by atoms with van der Waals surface area (Å²) < 4.78 is 4.74. The summed E-state index contributed by atoms with van der Waals surface area (Å²) in [6.45, 7) is 0.00796. The fourth-order valence-corrected chi connectivity index (χ4v) is 2.68. The Bertz CT molecular complexity index is 878. The number of methoxy groups -OCH3 is 1. The molecule has 0 saturated carbocycles. The van der Waals surface area contributed by atoms with Gasteiger partial charge in [0.1, 0.15) is 11.4 Å². The molecule has 1 amide bonds. The van der Waals surface area contributed by atoms with Gasteiger partial charge in [-0.1, -0.05) is 6.07 Å². The van der Waals surface area contributed by atoms with Crippen LogP contribution in [0.5, 0.6) is 5.75 Å². The molecule has 0 bridgehead atoms. The van der Waals surface area contributed by atoms with E-state index in [1.807, 2.05) is 0 Å². The van der Waals surface area contributed by atoms with E-state index in [9.17, 15) is 14.7 Å². The predicted molar refractivity (Wildman–Crippen MR) is 89.7 cm³/mol. The minimum absolute atomic E-state index is 0.0644. The minimum atomic E-state index is -0.597. The van der Waals surface area contributed by atoms with Crippen LogP contribution < -0.4 is 5.32 Å². The second-order valence-electron chi connectivity index (χ2n) is 5.52. The lowest BCUT2D eigenvalue weighted by molar-refractivity contribution is -0.136. The molecule has 25 heavy (non-hydrogen) atoms. The largest absolute Gasteiger partial charge is 0.506 e. The molecule has 0 saturated heterocycles. The highest BCUT2D eigenvalue weighted by Gasteiger charge is 2.34. The monoisotopic (exact) mass is 343 g/mol. The molecule has 1 aliphatic rings. The van der Waals surface area contributed by atoms with Gasteiger partial charge in [0.05, 0.1) is 37.5 Å². The smallest absolute Gasteiger partial charge is 0.337 e. The summed E-state index contributed by atoms with van der Waals surface area (Å²) in [5.41, 5.74) is 1.53. The van der Waals surface area contributed by atoms with Gasteiger partial charge in [0.25, 0.3) is 5.91 Å². The Labute approximate surface area is 143 Å². The van der Waals surface area contributed by atoms with E-state index in [1.54, 1.807) is 24.3 Å². The van der Waals surface area contributed by atoms with Gasteiger partial charge in [0, 0.05) is 17.6 Å². The molecular weight excluding hydrogens is 326 g/mol. The number of aromatic nitrogens is 1. The van der Waals surface area contributed by atoms with Crippen molar-refractivity contribution in [2.75, 3.05) is 32.1 Å². The first-order chi connectivity index (χ1) is 12.0. The molecule has 2 heterocycles. The number of ether oxygens (including phenoxy) is 1. The van der Waals surface area contributed by atoms with Crippen LogP contribution in [0.2, 0.25) is 0 Å². The topological polar surface area (TPSA) is 112 Å². The van der Waals surface area contributed by atoms with Crippen molar-refractivity contribution in [2.45, 2.75) is 0 Å². The molecule has 3 rings (SSSR count). The number of nitrogens with zero attached hydrogens (tertiary/aromatic N) is 2. The number of anilines is 1. The summed E-state index contributed by atoms with van der Waals surface area (Å²) in [4.78, 5) is 29.9. The number of β-amino-alcohol motifs (C(OH)–C–C–N with tert-alkyl or cyclic N) is 1. The van der Waals surface area contributed by atoms with Gasteiger partial charge in [0.15, 0.2) is 0 Å². The van der Waals surface area contributed by atoms with E-state index in [2.05, 4.69) is 10.3 Å². The molecule has 0 fully saturated rings. The highest BCUT2D eigenvalue weighted by Crippen LogP contribution is 2.25. The Hall–Kier alpha value is -3.13. The Balaban J connectivity index is 1.94. The normalized spacial score (nSPS) is 14.3. The van der Waals surface area contributed by atoms with Gasteiger partial charge in [-0.2, -0.15) is 0 Å². The quantitative estimate of drug-likeness (QED) is 0.682. The number of benzene rings is 1. The second kappa shape index (κ2) is 6.78. The van der Waals surface area contributed by atoms with E-state index in [0.717, 1.165) is 5.39 Å². The molecule has 130 valence electrons. The van der Waals surface area contributed by atoms with Gasteiger partial charge in [-0.3, -0.25) is 9.78 Å². The van der Waals surface area contributed by atoms with Crippen molar-refractivity contribution in [3.8, 4) is 5.75 Å². The molecule has 0 aliphatic carbocycles. The molecular formula is C17H17N3O5. The molecule has 1 aromatic carbocycles. The van der Waals surface area contributed by atoms with E-state index >= 15 is 0 Å². The maximum absolute atomic E-state index is 12.5. The lowest BCUT2D eigenvalue weighted by Crippen LogP contribution is -2.31. The average Bonchev–Trinajstić information content (AvgIpc) is 2.91. The minimum Gasteiger partial charge on any atom is -0.506 e. The van der Waals surface area contributed by atoms with Gasteiger partial charge in [0.2, 0.25) is 0 Å². The van der Waals surface area contributed by atoms with Crippen molar-refractivity contribution in [3.63, 3.8) is 0 Å². The van der Waals surface area contributed by atoms with Crippen LogP contribution in [-0.2, 0) is 14.3 Å². The molecule has 0 atom stereocenters. The van der Waals surface area contributed by atoms with Crippen LogP contribution in [0.1, 0.15) is 0 Å². The molecule has 0 unspecified atom stereocenters. The van der Waals surface area contributed by atoms with Gasteiger partial charge >= 0.3 is 5.97 Å². The van der Waals surface area contributed by atoms with Crippen LogP contribution in [0.25, 0.3) is 10.9 Å². The molecule has 0 spiro atoms. The molecule has 1 aliphatic heterocycles. The Morgan fingerprint density at radius 3 is 2.92 bits per heavy atom. The zero-order valence-electron chi connectivity index (χ0n) is 13.5. The third-order valence-corrected chi connectivity index (χ3v) is 3.89. The lowest BCUT2D eigenvalue weighted by atomic mass is 10.2. The van der Waals surface area contributed by atoms with Gasteiger partial charge in [-0.15, -0.1) is 0 Å². The van der Waals surface area contributed by atoms with Crippen LogP contribution in [0, 0.1) is 0 Å². The molecule has 1 aromatic heterocycles. The number of aliphatic hydroxyl groups excluding tert-OH is 1. The van der Waals surface area contributed by atoms with Crippen molar-refractivity contribution in [1.29, 1.82) is 0 Å². The number of hydrogen-bond donors (Lipinski definition) is 3. The first-order valence-electron chi connectivity index (χ1n) is 7.61. The lowest BCUT2D eigenvalue weighted by Gasteiger charge is -2.15. The third kappa shape index (κ3) is 3.24. The van der Waals surface area contributed by atoms with E-state index in [0.29, 0.717) is 11.2 Å². The van der Waals surface area contributed by atoms with Crippen molar-refractivity contribution in [3.05, 3.63) is 41.7 Å². The molecule has 8 nitrogen and oxygen atoms in total. The van der Waals surface area contributed by atoms with Crippen LogP contribution in [0.4, 0.5) is 5.69 Å². The third-order valence-electron chi connectivity index (χ3n) is 3.89. The highest BCUT2D eigenvalue weighted by molar-refractivity contribution is 6.08. The van der Waals surface area contributed by atoms with E-state index in [-0.39, 0.29) is 42.6 Å². The standard InChI is InChI=1S/C17H17N3O5/c1-25-17(24)13-9-20(4-5-21)16(23)15(13)19-11-3-2-10-6-12(22)8-18-14(10)7-11/h2-3,6-8,19,21-22H,4-5,9H2,1H3. The number of aliphatic hydroxyl groups is 1. The second-order valence-corrected chi connectivity index (χ2v) is 5.52. The first kappa shape index (κ1) is 16.7. The van der Waals surface area contributed by atoms with Crippen LogP contribution in [0.3, 0.4) is 0 Å². The number of fused-ring (bicyclic) bond motifs is 1. The maximum Gasteiger partial charge on any atom is 0.337 e. The fourth-order valence-electron chi connectivity index (χ4n) is 2.68. The number of hydrogen-bond acceptors (Lipinski definition) is 7. The zero-order chi connectivity index (χ0) is 18.0. The van der Waals surface area contributed by atoms with E-state index < -0.39 is 5.97 Å². The number of aromatic hydroxyl groups is 1. The maximum atomic E-state index is 12.5. The summed E-state index contributed by atoms with van der Waals surface area (Å²) in [6.07, 6.45) is 1.33.